The Kier molecular flexibility index (Phi) is 6.00. The number of piperidine rings is 1. The molecule has 1 N–H and O–H groups in total. The first-order chi connectivity index (χ1) is 13.7. The smallest absolute Gasteiger partial charge is 0.411 e. The number of amides is 3. The van der Waals surface area contributed by atoms with Crippen LogP contribution in [-0.4, -0.2) is 66.8 Å². The molecule has 0 unspecified atom stereocenters. The number of ether oxygens (including phenoxy) is 2. The third-order valence-electron chi connectivity index (χ3n) is 5.28. The molecule has 8 heteroatoms. The molecule has 0 spiro atoms. The third kappa shape index (κ3) is 5.19. The summed E-state index contributed by atoms with van der Waals surface area (Å²) in [4.78, 5) is 40.3. The Hall–Kier alpha value is -2.77. The van der Waals surface area contributed by atoms with Crippen LogP contribution in [0.5, 0.6) is 0 Å². The number of carbonyl (C=O) groups excluding carboxylic acids is 3. The van der Waals surface area contributed by atoms with E-state index in [4.69, 9.17) is 4.74 Å². The fraction of sp³-hybridized carbons (Fsp3) is 0.571. The zero-order valence-corrected chi connectivity index (χ0v) is 17.4. The Morgan fingerprint density at radius 2 is 1.76 bits per heavy atom. The van der Waals surface area contributed by atoms with Gasteiger partial charge in [-0.05, 0) is 57.2 Å². The normalized spacial score (nSPS) is 21.4. The summed E-state index contributed by atoms with van der Waals surface area (Å²) in [5.74, 6) is 0.558. The second-order valence-electron chi connectivity index (χ2n) is 8.64. The number of methoxy groups -OCH3 is 1. The molecule has 2 atom stereocenters. The van der Waals surface area contributed by atoms with E-state index in [1.165, 1.54) is 7.11 Å². The first kappa shape index (κ1) is 21.0. The minimum absolute atomic E-state index is 0.0762. The molecule has 8 nitrogen and oxygen atoms in total. The van der Waals surface area contributed by atoms with E-state index in [1.807, 2.05) is 25.7 Å². The number of likely N-dealkylation sites (tertiary alicyclic amines) is 2. The molecule has 2 fully saturated rings. The molecule has 1 aromatic rings. The van der Waals surface area contributed by atoms with Crippen molar-refractivity contribution in [2.24, 2.45) is 11.8 Å². The van der Waals surface area contributed by atoms with Crippen molar-refractivity contribution in [3.8, 4) is 0 Å². The van der Waals surface area contributed by atoms with Gasteiger partial charge in [-0.2, -0.15) is 0 Å². The predicted octanol–water partition coefficient (Wildman–Crippen LogP) is 3.19. The molecule has 0 bridgehead atoms. The van der Waals surface area contributed by atoms with Crippen molar-refractivity contribution in [3.05, 3.63) is 29.8 Å². The molecule has 0 aliphatic carbocycles. The Balaban J connectivity index is 1.62. The average molecular weight is 403 g/mol. The molecule has 0 radical (unpaired) electrons. The number of anilines is 1. The fourth-order valence-electron chi connectivity index (χ4n) is 3.91. The third-order valence-corrected chi connectivity index (χ3v) is 5.28. The van der Waals surface area contributed by atoms with Gasteiger partial charge in [0.25, 0.3) is 5.91 Å². The number of hydrogen-bond donors (Lipinski definition) is 1. The number of fused-ring (bicyclic) bond motifs is 1. The molecule has 2 saturated heterocycles. The second kappa shape index (κ2) is 8.31. The van der Waals surface area contributed by atoms with E-state index < -0.39 is 11.7 Å². The van der Waals surface area contributed by atoms with Crippen molar-refractivity contribution < 1.29 is 23.9 Å². The highest BCUT2D eigenvalue weighted by Gasteiger charge is 2.41. The Labute approximate surface area is 171 Å². The van der Waals surface area contributed by atoms with Gasteiger partial charge in [0.05, 0.1) is 7.11 Å². The summed E-state index contributed by atoms with van der Waals surface area (Å²) in [6, 6.07) is 6.81. The highest BCUT2D eigenvalue weighted by atomic mass is 16.6. The molecule has 1 aromatic carbocycles. The maximum absolute atomic E-state index is 13.0. The summed E-state index contributed by atoms with van der Waals surface area (Å²) in [6.45, 7) is 8.12. The fourth-order valence-corrected chi connectivity index (χ4v) is 3.91. The van der Waals surface area contributed by atoms with Crippen molar-refractivity contribution >= 4 is 23.8 Å². The van der Waals surface area contributed by atoms with Crippen LogP contribution in [0.2, 0.25) is 0 Å². The molecule has 3 rings (SSSR count). The van der Waals surface area contributed by atoms with Crippen LogP contribution in [0.4, 0.5) is 15.3 Å². The van der Waals surface area contributed by atoms with E-state index in [0.717, 1.165) is 6.42 Å². The van der Waals surface area contributed by atoms with Gasteiger partial charge >= 0.3 is 12.2 Å². The lowest BCUT2D eigenvalue weighted by molar-refractivity contribution is 0.0284. The van der Waals surface area contributed by atoms with Gasteiger partial charge in [0, 0.05) is 37.4 Å². The highest BCUT2D eigenvalue weighted by Crippen LogP contribution is 2.32. The number of rotatable bonds is 2. The van der Waals surface area contributed by atoms with Crippen molar-refractivity contribution in [3.63, 3.8) is 0 Å². The summed E-state index contributed by atoms with van der Waals surface area (Å²) < 4.78 is 10.1. The van der Waals surface area contributed by atoms with Crippen LogP contribution in [0, 0.1) is 11.8 Å². The summed E-state index contributed by atoms with van der Waals surface area (Å²) >= 11 is 0. The van der Waals surface area contributed by atoms with Gasteiger partial charge in [-0.1, -0.05) is 6.07 Å². The van der Waals surface area contributed by atoms with Crippen LogP contribution < -0.4 is 5.32 Å². The molecule has 2 heterocycles. The predicted molar refractivity (Wildman–Crippen MR) is 108 cm³/mol. The van der Waals surface area contributed by atoms with Crippen molar-refractivity contribution in [1.82, 2.24) is 9.80 Å². The lowest BCUT2D eigenvalue weighted by Crippen LogP contribution is -2.43. The maximum Gasteiger partial charge on any atom is 0.411 e. The van der Waals surface area contributed by atoms with Gasteiger partial charge in [-0.25, -0.2) is 9.59 Å². The Morgan fingerprint density at radius 1 is 1.07 bits per heavy atom. The minimum atomic E-state index is -0.580. The van der Waals surface area contributed by atoms with E-state index in [9.17, 15) is 14.4 Å². The molecule has 2 aliphatic rings. The molecule has 2 aliphatic heterocycles. The van der Waals surface area contributed by atoms with Gasteiger partial charge < -0.3 is 19.3 Å². The zero-order valence-electron chi connectivity index (χ0n) is 17.4. The van der Waals surface area contributed by atoms with Gasteiger partial charge in [0.1, 0.15) is 5.60 Å². The molecule has 158 valence electrons. The Morgan fingerprint density at radius 3 is 2.45 bits per heavy atom. The lowest BCUT2D eigenvalue weighted by atomic mass is 9.88. The number of nitrogens with one attached hydrogen (secondary N) is 1. The molecular weight excluding hydrogens is 374 g/mol. The highest BCUT2D eigenvalue weighted by molar-refractivity contribution is 5.96. The number of benzene rings is 1. The van der Waals surface area contributed by atoms with Crippen molar-refractivity contribution in [2.45, 2.75) is 32.8 Å². The summed E-state index contributed by atoms with van der Waals surface area (Å²) in [5.41, 5.74) is 0.504. The van der Waals surface area contributed by atoms with E-state index in [0.29, 0.717) is 43.3 Å². The van der Waals surface area contributed by atoms with Gasteiger partial charge in [-0.15, -0.1) is 0 Å². The van der Waals surface area contributed by atoms with Crippen LogP contribution >= 0.6 is 0 Å². The molecular formula is C21H29N3O5. The first-order valence-corrected chi connectivity index (χ1v) is 9.88. The van der Waals surface area contributed by atoms with Crippen LogP contribution in [0.15, 0.2) is 24.3 Å². The van der Waals surface area contributed by atoms with Crippen LogP contribution in [0.3, 0.4) is 0 Å². The molecule has 0 saturated carbocycles. The molecule has 0 aromatic heterocycles. The number of hydrogen-bond acceptors (Lipinski definition) is 5. The summed E-state index contributed by atoms with van der Waals surface area (Å²) in [7, 11) is 1.29. The average Bonchev–Trinajstić information content (AvgIpc) is 3.09. The van der Waals surface area contributed by atoms with Crippen molar-refractivity contribution in [2.75, 3.05) is 38.6 Å². The SMILES string of the molecule is COC(=O)Nc1cccc(C(=O)N2CC[C@H]3CN(C(=O)OC(C)(C)C)C[C@@H]3C2)c1. The monoisotopic (exact) mass is 403 g/mol. The van der Waals surface area contributed by atoms with Gasteiger partial charge in [-0.3, -0.25) is 10.1 Å². The topological polar surface area (TPSA) is 88.2 Å². The zero-order chi connectivity index (χ0) is 21.2. The molecule has 29 heavy (non-hydrogen) atoms. The van der Waals surface area contributed by atoms with Crippen LogP contribution in [0.1, 0.15) is 37.6 Å². The largest absolute Gasteiger partial charge is 0.453 e. The van der Waals surface area contributed by atoms with Gasteiger partial charge in [0.15, 0.2) is 0 Å². The van der Waals surface area contributed by atoms with E-state index >= 15 is 0 Å². The van der Waals surface area contributed by atoms with Gasteiger partial charge in [0.2, 0.25) is 0 Å². The van der Waals surface area contributed by atoms with E-state index in [1.54, 1.807) is 29.2 Å². The van der Waals surface area contributed by atoms with E-state index in [-0.39, 0.29) is 17.9 Å². The number of nitrogens with zero attached hydrogens (tertiary/aromatic N) is 2. The summed E-state index contributed by atoms with van der Waals surface area (Å²) in [5, 5.41) is 2.57. The van der Waals surface area contributed by atoms with Crippen molar-refractivity contribution in [1.29, 1.82) is 0 Å². The van der Waals surface area contributed by atoms with E-state index in [2.05, 4.69) is 10.1 Å². The lowest BCUT2D eigenvalue weighted by Gasteiger charge is -2.34. The molecule has 3 amide bonds. The standard InChI is InChI=1S/C21H29N3O5/c1-21(2,3)29-20(27)24-11-15-8-9-23(12-16(15)13-24)18(25)14-6-5-7-17(10-14)22-19(26)28-4/h5-7,10,15-16H,8-9,11-13H2,1-4H3,(H,22,26)/t15-,16-/m0/s1. The quantitative estimate of drug-likeness (QED) is 0.819. The minimum Gasteiger partial charge on any atom is -0.453 e. The maximum atomic E-state index is 13.0. The van der Waals surface area contributed by atoms with Crippen LogP contribution in [-0.2, 0) is 9.47 Å². The Bertz CT molecular complexity index is 789. The summed E-state index contributed by atoms with van der Waals surface area (Å²) in [6.07, 6.45) is -0.00882. The second-order valence-corrected chi connectivity index (χ2v) is 8.64. The number of carbonyl (C=O) groups is 3. The first-order valence-electron chi connectivity index (χ1n) is 9.88. The van der Waals surface area contributed by atoms with Crippen LogP contribution in [0.25, 0.3) is 0 Å².